The number of amides is 1. The molecule has 2 atom stereocenters. The van der Waals surface area contributed by atoms with E-state index in [9.17, 15) is 19.2 Å². The molecule has 0 N–H and O–H groups in total. The van der Waals surface area contributed by atoms with Crippen LogP contribution in [-0.4, -0.2) is 49.6 Å². The Morgan fingerprint density at radius 1 is 1.00 bits per heavy atom. The lowest BCUT2D eigenvalue weighted by Crippen LogP contribution is -2.30. The summed E-state index contributed by atoms with van der Waals surface area (Å²) in [6.45, 7) is 3.04. The number of aromatic nitrogens is 1. The van der Waals surface area contributed by atoms with Gasteiger partial charge in [0, 0.05) is 12.3 Å². The van der Waals surface area contributed by atoms with E-state index in [1.165, 1.54) is 33.2 Å². The Kier molecular flexibility index (Phi) is 6.69. The van der Waals surface area contributed by atoms with Crippen LogP contribution in [0, 0.1) is 12.8 Å². The molecule has 0 spiro atoms. The molecular formula is C28H24N2O8S. The van der Waals surface area contributed by atoms with Gasteiger partial charge in [-0.25, -0.2) is 4.98 Å². The molecule has 0 radical (unpaired) electrons. The number of furan rings is 1. The summed E-state index contributed by atoms with van der Waals surface area (Å²) in [5.74, 6) is -3.41. The van der Waals surface area contributed by atoms with E-state index in [1.807, 2.05) is 0 Å². The Morgan fingerprint density at radius 3 is 2.23 bits per heavy atom. The molecule has 3 heterocycles. The molecule has 1 aliphatic heterocycles. The van der Waals surface area contributed by atoms with Crippen molar-refractivity contribution >= 4 is 50.7 Å². The van der Waals surface area contributed by atoms with Crippen molar-refractivity contribution in [1.82, 2.24) is 4.98 Å². The molecule has 1 aliphatic rings. The molecule has 1 saturated heterocycles. The molecule has 39 heavy (non-hydrogen) atoms. The van der Waals surface area contributed by atoms with Gasteiger partial charge in [0.05, 0.1) is 37.9 Å². The molecule has 1 amide bonds. The van der Waals surface area contributed by atoms with E-state index < -0.39 is 29.4 Å². The number of thiazole rings is 1. The molecular weight excluding hydrogens is 524 g/mol. The van der Waals surface area contributed by atoms with Crippen LogP contribution in [0.2, 0.25) is 0 Å². The first-order valence-corrected chi connectivity index (χ1v) is 12.7. The summed E-state index contributed by atoms with van der Waals surface area (Å²) < 4.78 is 22.2. The highest BCUT2D eigenvalue weighted by Crippen LogP contribution is 2.47. The summed E-state index contributed by atoms with van der Waals surface area (Å²) in [6.07, 6.45) is 0. The Labute approximate surface area is 227 Å². The Morgan fingerprint density at radius 2 is 1.67 bits per heavy atom. The first kappa shape index (κ1) is 26.1. The second-order valence-electron chi connectivity index (χ2n) is 8.90. The van der Waals surface area contributed by atoms with Crippen molar-refractivity contribution in [2.24, 2.45) is 5.92 Å². The zero-order valence-corrected chi connectivity index (χ0v) is 22.6. The van der Waals surface area contributed by atoms with Gasteiger partial charge < -0.3 is 18.6 Å². The summed E-state index contributed by atoms with van der Waals surface area (Å²) >= 11 is 0.980. The van der Waals surface area contributed by atoms with Crippen molar-refractivity contribution < 1.29 is 37.8 Å². The van der Waals surface area contributed by atoms with E-state index in [4.69, 9.17) is 18.6 Å². The smallest absolute Gasteiger partial charge is 0.297 e. The number of fused-ring (bicyclic) bond motifs is 1. The second kappa shape index (κ2) is 9.99. The summed E-state index contributed by atoms with van der Waals surface area (Å²) in [6, 6.07) is 10.6. The summed E-state index contributed by atoms with van der Waals surface area (Å²) in [7, 11) is 4.32. The van der Waals surface area contributed by atoms with Gasteiger partial charge in [-0.1, -0.05) is 29.5 Å². The van der Waals surface area contributed by atoms with Crippen LogP contribution in [-0.2, 0) is 9.59 Å². The number of aryl methyl sites for hydroxylation is 1. The van der Waals surface area contributed by atoms with Gasteiger partial charge in [-0.3, -0.25) is 24.1 Å². The third-order valence-corrected chi connectivity index (χ3v) is 7.85. The van der Waals surface area contributed by atoms with Crippen LogP contribution in [0.15, 0.2) is 46.9 Å². The molecule has 10 nitrogen and oxygen atoms in total. The van der Waals surface area contributed by atoms with Crippen LogP contribution < -0.4 is 19.1 Å². The van der Waals surface area contributed by atoms with Crippen molar-refractivity contribution in [3.05, 3.63) is 64.4 Å². The van der Waals surface area contributed by atoms with Crippen molar-refractivity contribution in [2.75, 3.05) is 26.2 Å². The number of carbonyl (C=O) groups is 4. The lowest BCUT2D eigenvalue weighted by atomic mass is 9.88. The molecule has 2 unspecified atom stereocenters. The van der Waals surface area contributed by atoms with Crippen LogP contribution >= 0.6 is 11.3 Å². The van der Waals surface area contributed by atoms with Crippen LogP contribution in [0.3, 0.4) is 0 Å². The fourth-order valence-electron chi connectivity index (χ4n) is 4.82. The Balaban J connectivity index is 1.72. The van der Waals surface area contributed by atoms with Gasteiger partial charge in [0.2, 0.25) is 17.3 Å². The maximum atomic E-state index is 13.9. The van der Waals surface area contributed by atoms with Crippen molar-refractivity contribution in [1.29, 1.82) is 0 Å². The highest BCUT2D eigenvalue weighted by atomic mass is 32.1. The van der Waals surface area contributed by atoms with Crippen molar-refractivity contribution in [3.8, 4) is 17.2 Å². The summed E-state index contributed by atoms with van der Waals surface area (Å²) in [5.41, 5.74) is 1.26. The predicted molar refractivity (Wildman–Crippen MR) is 142 cm³/mol. The minimum absolute atomic E-state index is 0.0543. The summed E-state index contributed by atoms with van der Waals surface area (Å²) in [4.78, 5) is 59.0. The average molecular weight is 549 g/mol. The number of anilines is 1. The van der Waals surface area contributed by atoms with Crippen LogP contribution in [0.4, 0.5) is 5.13 Å². The maximum Gasteiger partial charge on any atom is 0.297 e. The molecule has 11 heteroatoms. The maximum absolute atomic E-state index is 13.9. The number of hydrogen-bond acceptors (Lipinski definition) is 10. The molecule has 1 fully saturated rings. The zero-order chi connectivity index (χ0) is 28.0. The van der Waals surface area contributed by atoms with Gasteiger partial charge in [-0.15, -0.1) is 0 Å². The van der Waals surface area contributed by atoms with E-state index >= 15 is 0 Å². The molecule has 0 aliphatic carbocycles. The third kappa shape index (κ3) is 4.24. The molecule has 4 aromatic rings. The van der Waals surface area contributed by atoms with Gasteiger partial charge >= 0.3 is 0 Å². The van der Waals surface area contributed by atoms with E-state index in [0.717, 1.165) is 11.3 Å². The third-order valence-electron chi connectivity index (χ3n) is 6.60. The monoisotopic (exact) mass is 548 g/mol. The van der Waals surface area contributed by atoms with Crippen molar-refractivity contribution in [3.63, 3.8) is 0 Å². The van der Waals surface area contributed by atoms with Gasteiger partial charge in [-0.2, -0.15) is 0 Å². The highest BCUT2D eigenvalue weighted by molar-refractivity contribution is 7.18. The molecule has 5 rings (SSSR count). The zero-order valence-electron chi connectivity index (χ0n) is 21.8. The van der Waals surface area contributed by atoms with E-state index in [0.29, 0.717) is 32.9 Å². The highest BCUT2D eigenvalue weighted by Gasteiger charge is 2.54. The van der Waals surface area contributed by atoms with Gasteiger partial charge in [0.15, 0.2) is 28.2 Å². The van der Waals surface area contributed by atoms with Crippen LogP contribution in [0.1, 0.15) is 44.4 Å². The number of rotatable bonds is 8. The number of carbonyl (C=O) groups excluding carboxylic acids is 4. The fraction of sp³-hybridized carbons (Fsp3) is 0.250. The van der Waals surface area contributed by atoms with Gasteiger partial charge in [0.25, 0.3) is 5.91 Å². The molecule has 2 aromatic carbocycles. The first-order valence-electron chi connectivity index (χ1n) is 11.9. The number of ether oxygens (including phenoxy) is 3. The molecule has 0 bridgehead atoms. The standard InChI is InChI=1S/C28H24N2O8S/c1-13-26(14(2)31)39-28(29-13)30-22(16-11-19(35-3)25(37-5)20(12-16)36-4)21(24(33)27(30)34)23(32)18-10-15-8-6-7-9-17(15)38-18/h6-12,21-22H,1-5H3. The van der Waals surface area contributed by atoms with Crippen molar-refractivity contribution in [2.45, 2.75) is 19.9 Å². The van der Waals surface area contributed by atoms with E-state index in [1.54, 1.807) is 49.4 Å². The number of para-hydroxylation sites is 1. The quantitative estimate of drug-likeness (QED) is 0.177. The summed E-state index contributed by atoms with van der Waals surface area (Å²) in [5, 5.41) is 0.801. The lowest BCUT2D eigenvalue weighted by molar-refractivity contribution is -0.135. The topological polar surface area (TPSA) is 125 Å². The number of methoxy groups -OCH3 is 3. The van der Waals surface area contributed by atoms with Crippen LogP contribution in [0.25, 0.3) is 11.0 Å². The Bertz CT molecular complexity index is 1590. The van der Waals surface area contributed by atoms with E-state index in [2.05, 4.69) is 4.98 Å². The minimum Gasteiger partial charge on any atom is -0.493 e. The van der Waals surface area contributed by atoms with Gasteiger partial charge in [0.1, 0.15) is 11.5 Å². The molecule has 200 valence electrons. The van der Waals surface area contributed by atoms with E-state index in [-0.39, 0.29) is 28.2 Å². The number of ketones is 3. The SMILES string of the molecule is COc1cc(C2C(C(=O)c3cc4ccccc4o3)C(=O)C(=O)N2c2nc(C)c(C(C)=O)s2)cc(OC)c1OC. The normalized spacial score (nSPS) is 17.1. The van der Waals surface area contributed by atoms with Crippen LogP contribution in [0.5, 0.6) is 17.2 Å². The average Bonchev–Trinajstić information content (AvgIpc) is 3.61. The molecule has 2 aromatic heterocycles. The number of Topliss-reactive ketones (excluding diaryl/α,β-unsaturated/α-hetero) is 3. The van der Waals surface area contributed by atoms with Gasteiger partial charge in [-0.05, 0) is 36.8 Å². The number of nitrogens with zero attached hydrogens (tertiary/aromatic N) is 2. The molecule has 0 saturated carbocycles. The minimum atomic E-state index is -1.47. The predicted octanol–water partition coefficient (Wildman–Crippen LogP) is 4.58. The largest absolute Gasteiger partial charge is 0.493 e. The number of benzene rings is 2. The first-order chi connectivity index (χ1) is 18.7. The lowest BCUT2D eigenvalue weighted by Gasteiger charge is -2.26. The second-order valence-corrected chi connectivity index (χ2v) is 9.88. The number of hydrogen-bond donors (Lipinski definition) is 0. The fourth-order valence-corrected chi connectivity index (χ4v) is 5.82. The Hall–Kier alpha value is -4.51.